The first-order valence-electron chi connectivity index (χ1n) is 10.4. The van der Waals surface area contributed by atoms with E-state index in [9.17, 15) is 24.6 Å². The van der Waals surface area contributed by atoms with Crippen molar-refractivity contribution in [1.82, 2.24) is 9.80 Å². The van der Waals surface area contributed by atoms with Crippen LogP contribution in [0.3, 0.4) is 0 Å². The van der Waals surface area contributed by atoms with Crippen LogP contribution in [0, 0.1) is 11.3 Å². The Balaban J connectivity index is 1.92. The van der Waals surface area contributed by atoms with Gasteiger partial charge in [0.15, 0.2) is 0 Å². The third kappa shape index (κ3) is 4.61. The monoisotopic (exact) mass is 428 g/mol. The predicted molar refractivity (Wildman–Crippen MR) is 113 cm³/mol. The molecular weight excluding hydrogens is 400 g/mol. The highest BCUT2D eigenvalue weighted by molar-refractivity contribution is 6.33. The van der Waals surface area contributed by atoms with Crippen molar-refractivity contribution in [2.75, 3.05) is 19.6 Å². The van der Waals surface area contributed by atoms with Gasteiger partial charge in [-0.25, -0.2) is 0 Å². The summed E-state index contributed by atoms with van der Waals surface area (Å²) in [5, 5.41) is 28.9. The summed E-state index contributed by atoms with van der Waals surface area (Å²) < 4.78 is 0. The maximum absolute atomic E-state index is 12.9. The van der Waals surface area contributed by atoms with Crippen LogP contribution >= 0.6 is 0 Å². The molecule has 1 unspecified atom stereocenters. The SMILES string of the molecule is CCN1C(=O)/C(=C(\O)CN2CCCC[C@@H]2C(N)=O)C(=N)C(Cc2ccc(O)cc2)C1=O. The van der Waals surface area contributed by atoms with Crippen LogP contribution in [0.25, 0.3) is 0 Å². The molecule has 1 aromatic carbocycles. The van der Waals surface area contributed by atoms with Gasteiger partial charge in [-0.1, -0.05) is 18.6 Å². The van der Waals surface area contributed by atoms with Gasteiger partial charge in [-0.15, -0.1) is 0 Å². The largest absolute Gasteiger partial charge is 0.510 e. The Morgan fingerprint density at radius 2 is 1.90 bits per heavy atom. The summed E-state index contributed by atoms with van der Waals surface area (Å²) in [6.07, 6.45) is 2.42. The minimum atomic E-state index is -0.937. The van der Waals surface area contributed by atoms with Gasteiger partial charge < -0.3 is 21.4 Å². The number of amides is 3. The number of likely N-dealkylation sites (N-methyl/N-ethyl adjacent to an activating group) is 1. The van der Waals surface area contributed by atoms with Crippen molar-refractivity contribution in [3.63, 3.8) is 0 Å². The van der Waals surface area contributed by atoms with Gasteiger partial charge in [0.1, 0.15) is 17.1 Å². The number of nitrogens with zero attached hydrogens (tertiary/aromatic N) is 2. The summed E-state index contributed by atoms with van der Waals surface area (Å²) in [6.45, 7) is 2.22. The van der Waals surface area contributed by atoms with Crippen LogP contribution in [-0.2, 0) is 20.8 Å². The lowest BCUT2D eigenvalue weighted by Crippen LogP contribution is -2.53. The van der Waals surface area contributed by atoms with E-state index in [2.05, 4.69) is 0 Å². The molecule has 0 aromatic heterocycles. The number of likely N-dealkylation sites (tertiary alicyclic amines) is 2. The predicted octanol–water partition coefficient (Wildman–Crippen LogP) is 1.11. The number of phenolic OH excluding ortho intramolecular Hbond substituents is 1. The van der Waals surface area contributed by atoms with Gasteiger partial charge in [0.25, 0.3) is 5.91 Å². The van der Waals surface area contributed by atoms with Crippen LogP contribution < -0.4 is 5.73 Å². The number of aromatic hydroxyl groups is 1. The fourth-order valence-corrected chi connectivity index (χ4v) is 4.25. The Kier molecular flexibility index (Phi) is 6.74. The number of benzene rings is 1. The molecule has 2 heterocycles. The van der Waals surface area contributed by atoms with Crippen LogP contribution in [0.5, 0.6) is 5.75 Å². The average molecular weight is 428 g/mol. The minimum absolute atomic E-state index is 0.0860. The highest BCUT2D eigenvalue weighted by Crippen LogP contribution is 2.27. The van der Waals surface area contributed by atoms with E-state index in [1.807, 2.05) is 0 Å². The van der Waals surface area contributed by atoms with Crippen molar-refractivity contribution < 1.29 is 24.6 Å². The standard InChI is InChI=1S/C22H28N4O5/c1-2-26-21(30)15(11-13-6-8-14(27)9-7-13)19(23)18(22(26)31)17(28)12-25-10-4-3-5-16(25)20(24)29/h6-9,15-16,23,27-28H,2-5,10-12H2,1H3,(H2,24,29)/b18-17-,23-19?/t15?,16-/m1/s1. The van der Waals surface area contributed by atoms with E-state index < -0.39 is 29.7 Å². The molecule has 0 saturated carbocycles. The molecule has 2 atom stereocenters. The fourth-order valence-electron chi connectivity index (χ4n) is 4.25. The molecule has 2 aliphatic heterocycles. The number of carbonyl (C=O) groups is 3. The summed E-state index contributed by atoms with van der Waals surface area (Å²) in [7, 11) is 0. The fraction of sp³-hybridized carbons (Fsp3) is 0.455. The normalized spacial score (nSPS) is 24.4. The van der Waals surface area contributed by atoms with Gasteiger partial charge in [0.05, 0.1) is 24.2 Å². The number of aliphatic hydroxyl groups is 1. The third-order valence-electron chi connectivity index (χ3n) is 5.92. The summed E-state index contributed by atoms with van der Waals surface area (Å²) in [4.78, 5) is 40.3. The molecule has 31 heavy (non-hydrogen) atoms. The van der Waals surface area contributed by atoms with E-state index in [4.69, 9.17) is 11.1 Å². The Labute approximate surface area is 180 Å². The number of hydrogen-bond donors (Lipinski definition) is 4. The number of piperidine rings is 2. The Bertz CT molecular complexity index is 924. The molecule has 9 nitrogen and oxygen atoms in total. The quantitative estimate of drug-likeness (QED) is 0.303. The van der Waals surface area contributed by atoms with E-state index in [1.54, 1.807) is 24.0 Å². The number of nitrogens with two attached hydrogens (primary N) is 1. The molecule has 2 aliphatic rings. The summed E-state index contributed by atoms with van der Waals surface area (Å²) in [6, 6.07) is 5.74. The lowest BCUT2D eigenvalue weighted by Gasteiger charge is -2.35. The van der Waals surface area contributed by atoms with Crippen molar-refractivity contribution in [1.29, 1.82) is 5.41 Å². The first-order chi connectivity index (χ1) is 14.7. The number of nitrogens with one attached hydrogen (secondary N) is 1. The molecule has 1 aromatic rings. The van der Waals surface area contributed by atoms with Crippen LogP contribution in [0.2, 0.25) is 0 Å². The molecule has 0 aliphatic carbocycles. The van der Waals surface area contributed by atoms with Crippen molar-refractivity contribution >= 4 is 23.4 Å². The number of aliphatic hydroxyl groups excluding tert-OH is 1. The maximum Gasteiger partial charge on any atom is 0.265 e. The van der Waals surface area contributed by atoms with Crippen molar-refractivity contribution in [2.45, 2.75) is 38.6 Å². The van der Waals surface area contributed by atoms with E-state index in [0.29, 0.717) is 13.0 Å². The first-order valence-corrected chi connectivity index (χ1v) is 10.4. The first kappa shape index (κ1) is 22.5. The van der Waals surface area contributed by atoms with Crippen LogP contribution in [0.15, 0.2) is 35.6 Å². The van der Waals surface area contributed by atoms with Crippen LogP contribution in [0.4, 0.5) is 0 Å². The molecule has 2 fully saturated rings. The van der Waals surface area contributed by atoms with Crippen molar-refractivity contribution in [3.8, 4) is 5.75 Å². The van der Waals surface area contributed by atoms with Gasteiger partial charge in [-0.2, -0.15) is 0 Å². The molecule has 5 N–H and O–H groups in total. The topological polar surface area (TPSA) is 148 Å². The number of carbonyl (C=O) groups excluding carboxylic acids is 3. The zero-order chi connectivity index (χ0) is 22.7. The highest BCUT2D eigenvalue weighted by Gasteiger charge is 2.43. The second kappa shape index (κ2) is 9.30. The molecular formula is C22H28N4O5. The third-order valence-corrected chi connectivity index (χ3v) is 5.92. The number of rotatable bonds is 6. The maximum atomic E-state index is 12.9. The summed E-state index contributed by atoms with van der Waals surface area (Å²) in [5.41, 5.74) is 5.77. The number of imide groups is 1. The number of hydrogen-bond acceptors (Lipinski definition) is 7. The lowest BCUT2D eigenvalue weighted by molar-refractivity contribution is -0.144. The zero-order valence-electron chi connectivity index (χ0n) is 17.5. The van der Waals surface area contributed by atoms with Gasteiger partial charge in [-0.05, 0) is 50.4 Å². The second-order valence-corrected chi connectivity index (χ2v) is 7.93. The molecule has 0 bridgehead atoms. The van der Waals surface area contributed by atoms with Crippen LogP contribution in [0.1, 0.15) is 31.7 Å². The number of phenols is 1. The van der Waals surface area contributed by atoms with Gasteiger partial charge >= 0.3 is 0 Å². The minimum Gasteiger partial charge on any atom is -0.510 e. The number of primary amides is 1. The van der Waals surface area contributed by atoms with Gasteiger partial charge in [0, 0.05) is 6.54 Å². The molecule has 166 valence electrons. The molecule has 2 saturated heterocycles. The van der Waals surface area contributed by atoms with E-state index >= 15 is 0 Å². The Morgan fingerprint density at radius 1 is 1.23 bits per heavy atom. The smallest absolute Gasteiger partial charge is 0.265 e. The summed E-state index contributed by atoms with van der Waals surface area (Å²) >= 11 is 0. The van der Waals surface area contributed by atoms with E-state index in [1.165, 1.54) is 12.1 Å². The molecule has 0 spiro atoms. The van der Waals surface area contributed by atoms with Gasteiger partial charge in [0.2, 0.25) is 11.8 Å². The highest BCUT2D eigenvalue weighted by atomic mass is 16.3. The molecule has 3 amide bonds. The van der Waals surface area contributed by atoms with E-state index in [0.717, 1.165) is 23.3 Å². The lowest BCUT2D eigenvalue weighted by atomic mass is 9.84. The molecule has 3 rings (SSSR count). The zero-order valence-corrected chi connectivity index (χ0v) is 17.5. The van der Waals surface area contributed by atoms with Gasteiger partial charge in [-0.3, -0.25) is 24.2 Å². The summed E-state index contributed by atoms with van der Waals surface area (Å²) in [5.74, 6) is -2.86. The van der Waals surface area contributed by atoms with Crippen LogP contribution in [-0.4, -0.2) is 69.1 Å². The Hall–Kier alpha value is -3.20. The second-order valence-electron chi connectivity index (χ2n) is 7.93. The average Bonchev–Trinajstić information content (AvgIpc) is 2.73. The molecule has 0 radical (unpaired) electrons. The van der Waals surface area contributed by atoms with Crippen molar-refractivity contribution in [2.24, 2.45) is 11.7 Å². The molecule has 9 heteroatoms. The van der Waals surface area contributed by atoms with E-state index in [-0.39, 0.29) is 42.3 Å². The Morgan fingerprint density at radius 3 is 2.52 bits per heavy atom. The van der Waals surface area contributed by atoms with Crippen molar-refractivity contribution in [3.05, 3.63) is 41.2 Å².